The minimum absolute atomic E-state index is 0.0901. The molecule has 0 aromatic carbocycles. The number of methoxy groups -OCH3 is 2. The predicted octanol–water partition coefficient (Wildman–Crippen LogP) is 7.00. The zero-order chi connectivity index (χ0) is 38.5. The molecule has 0 radical (unpaired) electrons. The number of ether oxygens (including phenoxy) is 2. The van der Waals surface area contributed by atoms with Crippen molar-refractivity contribution in [2.24, 2.45) is 23.7 Å². The normalized spacial score (nSPS) is 27.2. The first-order chi connectivity index (χ1) is 26.0. The molecule has 2 aliphatic heterocycles. The van der Waals surface area contributed by atoms with E-state index in [1.54, 1.807) is 0 Å². The minimum Gasteiger partial charge on any atom is -0.453 e. The van der Waals surface area contributed by atoms with Gasteiger partial charge in [0.1, 0.15) is 35.7 Å². The molecular weight excluding hydrogens is 692 g/mol. The number of aromatic nitrogens is 2. The van der Waals surface area contributed by atoms with Crippen molar-refractivity contribution >= 4 is 24.0 Å². The Hall–Kier alpha value is -4.10. The van der Waals surface area contributed by atoms with Crippen molar-refractivity contribution < 1.29 is 37.5 Å². The van der Waals surface area contributed by atoms with Crippen LogP contribution in [-0.2, 0) is 19.1 Å². The quantitative estimate of drug-likeness (QED) is 0.244. The Morgan fingerprint density at radius 2 is 1.00 bits per heavy atom. The predicted molar refractivity (Wildman–Crippen MR) is 198 cm³/mol. The number of nitrogens with one attached hydrogen (secondary N) is 2. The third kappa shape index (κ3) is 8.72. The van der Waals surface area contributed by atoms with Gasteiger partial charge in [0.05, 0.1) is 26.6 Å². The summed E-state index contributed by atoms with van der Waals surface area (Å²) in [5, 5.41) is 5.41. The lowest BCUT2D eigenvalue weighted by atomic mass is 9.69. The summed E-state index contributed by atoms with van der Waals surface area (Å²) in [6.45, 7) is 8.86. The number of nitrogens with zero attached hydrogens (tertiary/aromatic N) is 4. The zero-order valence-corrected chi connectivity index (χ0v) is 32.9. The Labute approximate surface area is 318 Å². The molecule has 54 heavy (non-hydrogen) atoms. The van der Waals surface area contributed by atoms with Crippen molar-refractivity contribution in [1.29, 1.82) is 0 Å². The molecule has 2 N–H and O–H groups in total. The van der Waals surface area contributed by atoms with E-state index in [9.17, 15) is 19.2 Å². The molecule has 2 saturated carbocycles. The van der Waals surface area contributed by atoms with Crippen LogP contribution in [-0.4, -0.2) is 83.2 Å². The highest BCUT2D eigenvalue weighted by Gasteiger charge is 2.41. The molecule has 6 rings (SSSR count). The average Bonchev–Trinajstić information content (AvgIpc) is 4.02. The topological polar surface area (TPSA) is 169 Å². The van der Waals surface area contributed by atoms with Gasteiger partial charge in [-0.15, -0.1) is 0 Å². The second-order valence-corrected chi connectivity index (χ2v) is 16.5. The second-order valence-electron chi connectivity index (χ2n) is 16.5. The van der Waals surface area contributed by atoms with Crippen LogP contribution >= 0.6 is 0 Å². The summed E-state index contributed by atoms with van der Waals surface area (Å²) in [7, 11) is 2.60. The van der Waals surface area contributed by atoms with Crippen LogP contribution in [0.5, 0.6) is 0 Å². The SMILES string of the molecule is COC(=O)N[C@H](C(=O)N1CCC[C@@H]1c1ncc(C2CCC(C3CCC(c4cnc([C@H]5CCCN5C(=O)[C@@H](NC(=O)OC)C(C)C)o4)CC3)CC2)o1)C(C)C. The van der Waals surface area contributed by atoms with Crippen molar-refractivity contribution in [2.75, 3.05) is 27.3 Å². The van der Waals surface area contributed by atoms with Crippen molar-refractivity contribution in [3.05, 3.63) is 35.7 Å². The number of carbonyl (C=O) groups is 4. The van der Waals surface area contributed by atoms with Gasteiger partial charge < -0.3 is 38.7 Å². The molecule has 4 fully saturated rings. The summed E-state index contributed by atoms with van der Waals surface area (Å²) >= 11 is 0. The Balaban J connectivity index is 0.986. The van der Waals surface area contributed by atoms with Gasteiger partial charge in [-0.05, 0) is 101 Å². The molecule has 14 nitrogen and oxygen atoms in total. The fraction of sp³-hybridized carbons (Fsp3) is 0.750. The number of likely N-dealkylation sites (tertiary alicyclic amines) is 2. The van der Waals surface area contributed by atoms with Crippen molar-refractivity contribution in [3.63, 3.8) is 0 Å². The zero-order valence-electron chi connectivity index (χ0n) is 32.9. The fourth-order valence-corrected chi connectivity index (χ4v) is 9.37. The third-order valence-electron chi connectivity index (χ3n) is 12.5. The monoisotopic (exact) mass is 752 g/mol. The van der Waals surface area contributed by atoms with E-state index in [0.29, 0.717) is 48.5 Å². The van der Waals surface area contributed by atoms with E-state index in [0.717, 1.165) is 62.9 Å². The second kappa shape index (κ2) is 17.6. The van der Waals surface area contributed by atoms with Crippen LogP contribution in [0.4, 0.5) is 9.59 Å². The standard InChI is InChI=1S/C40H60N6O8/c1-23(2)33(43-39(49)51-5)37(47)45-19-7-9-29(45)35-41-21-31(53-35)27-15-11-25(12-16-27)26-13-17-28(18-14-26)32-22-42-36(54-32)30-10-8-20-46(30)38(48)34(24(3)4)44-40(50)52-6/h21-30,33-34H,7-20H2,1-6H3,(H,43,49)(H,44,50)/t25?,26?,27?,28?,29-,30-,33+,34+/m1/s1. The van der Waals surface area contributed by atoms with Crippen LogP contribution in [0.2, 0.25) is 0 Å². The van der Waals surface area contributed by atoms with Gasteiger partial charge in [0.15, 0.2) is 0 Å². The number of amides is 4. The molecule has 4 amide bonds. The lowest BCUT2D eigenvalue weighted by molar-refractivity contribution is -0.136. The van der Waals surface area contributed by atoms with Gasteiger partial charge in [0.25, 0.3) is 0 Å². The molecule has 2 aromatic heterocycles. The summed E-state index contributed by atoms with van der Waals surface area (Å²) in [6, 6.07) is -1.81. The molecule has 298 valence electrons. The molecule has 2 saturated heterocycles. The molecule has 2 aromatic rings. The molecule has 0 spiro atoms. The van der Waals surface area contributed by atoms with E-state index in [1.165, 1.54) is 39.9 Å². The third-order valence-corrected chi connectivity index (χ3v) is 12.5. The van der Waals surface area contributed by atoms with E-state index >= 15 is 0 Å². The highest BCUT2D eigenvalue weighted by atomic mass is 16.5. The first-order valence-electron chi connectivity index (χ1n) is 20.2. The molecule has 4 aliphatic rings. The Bertz CT molecular complexity index is 1470. The maximum atomic E-state index is 13.5. The summed E-state index contributed by atoms with van der Waals surface area (Å²) < 4.78 is 22.3. The van der Waals surface area contributed by atoms with Crippen LogP contribution < -0.4 is 10.6 Å². The van der Waals surface area contributed by atoms with Crippen LogP contribution in [0.3, 0.4) is 0 Å². The largest absolute Gasteiger partial charge is 0.453 e. The average molecular weight is 753 g/mol. The van der Waals surface area contributed by atoms with Gasteiger partial charge in [-0.2, -0.15) is 0 Å². The maximum Gasteiger partial charge on any atom is 0.407 e. The highest BCUT2D eigenvalue weighted by Crippen LogP contribution is 2.47. The Morgan fingerprint density at radius 1 is 0.630 bits per heavy atom. The summed E-state index contributed by atoms with van der Waals surface area (Å²) in [5.41, 5.74) is 0. The van der Waals surface area contributed by atoms with Gasteiger partial charge >= 0.3 is 12.2 Å². The number of rotatable bonds is 11. The summed E-state index contributed by atoms with van der Waals surface area (Å²) in [5.74, 6) is 4.63. The first kappa shape index (κ1) is 39.6. The van der Waals surface area contributed by atoms with E-state index in [1.807, 2.05) is 49.9 Å². The molecule has 2 aliphatic carbocycles. The van der Waals surface area contributed by atoms with E-state index < -0.39 is 24.3 Å². The molecule has 4 atom stereocenters. The van der Waals surface area contributed by atoms with E-state index in [4.69, 9.17) is 18.3 Å². The Morgan fingerprint density at radius 3 is 1.33 bits per heavy atom. The molecule has 4 heterocycles. The van der Waals surface area contributed by atoms with Crippen LogP contribution in [0, 0.1) is 23.7 Å². The molecule has 14 heteroatoms. The molecular formula is C40H60N6O8. The minimum atomic E-state index is -0.673. The lowest BCUT2D eigenvalue weighted by Gasteiger charge is -2.37. The Kier molecular flexibility index (Phi) is 12.9. The number of hydrogen-bond acceptors (Lipinski definition) is 10. The highest BCUT2D eigenvalue weighted by molar-refractivity contribution is 5.87. The number of oxazole rings is 2. The summed E-state index contributed by atoms with van der Waals surface area (Å²) in [6.07, 6.45) is 14.7. The van der Waals surface area contributed by atoms with Crippen LogP contribution in [0.1, 0.15) is 152 Å². The van der Waals surface area contributed by atoms with Crippen molar-refractivity contribution in [2.45, 2.75) is 141 Å². The van der Waals surface area contributed by atoms with Crippen LogP contribution in [0.15, 0.2) is 21.2 Å². The molecule has 0 bridgehead atoms. The van der Waals surface area contributed by atoms with Gasteiger partial charge in [-0.25, -0.2) is 19.6 Å². The van der Waals surface area contributed by atoms with Crippen LogP contribution in [0.25, 0.3) is 0 Å². The van der Waals surface area contributed by atoms with Crippen molar-refractivity contribution in [1.82, 2.24) is 30.4 Å². The first-order valence-corrected chi connectivity index (χ1v) is 20.2. The molecule has 0 unspecified atom stereocenters. The smallest absolute Gasteiger partial charge is 0.407 e. The summed E-state index contributed by atoms with van der Waals surface area (Å²) in [4.78, 5) is 63.9. The number of alkyl carbamates (subject to hydrolysis) is 2. The van der Waals surface area contributed by atoms with Gasteiger partial charge in [-0.1, -0.05) is 27.7 Å². The number of hydrogen-bond donors (Lipinski definition) is 2. The van der Waals surface area contributed by atoms with Gasteiger partial charge in [-0.3, -0.25) is 9.59 Å². The van der Waals surface area contributed by atoms with Crippen molar-refractivity contribution in [3.8, 4) is 0 Å². The number of carbonyl (C=O) groups excluding carboxylic acids is 4. The van der Waals surface area contributed by atoms with Gasteiger partial charge in [0, 0.05) is 24.9 Å². The lowest BCUT2D eigenvalue weighted by Crippen LogP contribution is -2.51. The maximum absolute atomic E-state index is 13.5. The van der Waals surface area contributed by atoms with E-state index in [2.05, 4.69) is 20.6 Å². The van der Waals surface area contributed by atoms with Gasteiger partial charge in [0.2, 0.25) is 23.6 Å². The fourth-order valence-electron chi connectivity index (χ4n) is 9.37. The van der Waals surface area contributed by atoms with E-state index in [-0.39, 0.29) is 35.7 Å².